The Morgan fingerprint density at radius 2 is 2.46 bits per heavy atom. The summed E-state index contributed by atoms with van der Waals surface area (Å²) in [5.74, 6) is 0. The molecule has 1 saturated heterocycles. The molecule has 0 atom stereocenters. The first-order valence-corrected chi connectivity index (χ1v) is 4.60. The van der Waals surface area contributed by atoms with Gasteiger partial charge in [0.05, 0.1) is 5.60 Å². The van der Waals surface area contributed by atoms with Crippen LogP contribution in [0.3, 0.4) is 0 Å². The van der Waals surface area contributed by atoms with Crippen molar-refractivity contribution in [2.45, 2.75) is 18.4 Å². The van der Waals surface area contributed by atoms with E-state index in [0.717, 1.165) is 25.9 Å². The highest BCUT2D eigenvalue weighted by molar-refractivity contribution is 5.03. The van der Waals surface area contributed by atoms with Crippen LogP contribution in [0.4, 0.5) is 0 Å². The number of hydrogen-bond donors (Lipinski definition) is 2. The summed E-state index contributed by atoms with van der Waals surface area (Å²) in [6, 6.07) is 2.00. The second-order valence-corrected chi connectivity index (χ2v) is 3.77. The van der Waals surface area contributed by atoms with Crippen molar-refractivity contribution in [3.63, 3.8) is 0 Å². The summed E-state index contributed by atoms with van der Waals surface area (Å²) in [5, 5.41) is 17.0. The van der Waals surface area contributed by atoms with Crippen LogP contribution in [0, 0.1) is 0 Å². The first-order chi connectivity index (χ1) is 6.20. The maximum Gasteiger partial charge on any atom is 0.0898 e. The molecule has 2 heterocycles. The van der Waals surface area contributed by atoms with Gasteiger partial charge in [0.2, 0.25) is 0 Å². The van der Waals surface area contributed by atoms with E-state index in [2.05, 4.69) is 10.4 Å². The number of nitrogens with zero attached hydrogens (tertiary/aromatic N) is 2. The molecule has 1 aliphatic heterocycles. The Bertz CT molecular complexity index is 291. The SMILES string of the molecule is Cn1nccc1CCC1(O)CNC1. The maximum absolute atomic E-state index is 9.81. The van der Waals surface area contributed by atoms with Crippen LogP contribution < -0.4 is 5.32 Å². The van der Waals surface area contributed by atoms with Gasteiger partial charge in [0.1, 0.15) is 0 Å². The van der Waals surface area contributed by atoms with E-state index < -0.39 is 5.60 Å². The number of aromatic nitrogens is 2. The van der Waals surface area contributed by atoms with Crippen molar-refractivity contribution >= 4 is 0 Å². The minimum absolute atomic E-state index is 0.468. The number of aryl methyl sites for hydroxylation is 2. The molecule has 0 unspecified atom stereocenters. The van der Waals surface area contributed by atoms with Crippen molar-refractivity contribution in [1.29, 1.82) is 0 Å². The first-order valence-electron chi connectivity index (χ1n) is 4.60. The van der Waals surface area contributed by atoms with Gasteiger partial charge in [-0.05, 0) is 18.9 Å². The summed E-state index contributed by atoms with van der Waals surface area (Å²) in [4.78, 5) is 0. The number of hydrogen-bond acceptors (Lipinski definition) is 3. The van der Waals surface area contributed by atoms with Crippen LogP contribution >= 0.6 is 0 Å². The van der Waals surface area contributed by atoms with Crippen LogP contribution in [0.25, 0.3) is 0 Å². The summed E-state index contributed by atoms with van der Waals surface area (Å²) in [7, 11) is 1.93. The van der Waals surface area contributed by atoms with E-state index in [1.54, 1.807) is 6.20 Å². The highest BCUT2D eigenvalue weighted by atomic mass is 16.3. The van der Waals surface area contributed by atoms with Crippen LogP contribution in [-0.2, 0) is 13.5 Å². The average Bonchev–Trinajstić information content (AvgIpc) is 2.44. The van der Waals surface area contributed by atoms with Crippen LogP contribution in [0.5, 0.6) is 0 Å². The topological polar surface area (TPSA) is 50.1 Å². The van der Waals surface area contributed by atoms with Gasteiger partial charge in [0, 0.05) is 32.0 Å². The van der Waals surface area contributed by atoms with Crippen LogP contribution in [0.15, 0.2) is 12.3 Å². The monoisotopic (exact) mass is 181 g/mol. The Kier molecular flexibility index (Phi) is 2.09. The lowest BCUT2D eigenvalue weighted by Gasteiger charge is -2.37. The van der Waals surface area contributed by atoms with E-state index in [4.69, 9.17) is 0 Å². The molecule has 0 bridgehead atoms. The summed E-state index contributed by atoms with van der Waals surface area (Å²) in [5.41, 5.74) is 0.713. The molecule has 0 spiro atoms. The molecule has 0 radical (unpaired) electrons. The highest BCUT2D eigenvalue weighted by Crippen LogP contribution is 2.17. The second kappa shape index (κ2) is 3.12. The minimum atomic E-state index is -0.468. The van der Waals surface area contributed by atoms with Gasteiger partial charge in [-0.2, -0.15) is 5.10 Å². The van der Waals surface area contributed by atoms with Gasteiger partial charge < -0.3 is 10.4 Å². The lowest BCUT2D eigenvalue weighted by molar-refractivity contribution is -0.0171. The van der Waals surface area contributed by atoms with Crippen molar-refractivity contribution in [3.05, 3.63) is 18.0 Å². The van der Waals surface area contributed by atoms with E-state index >= 15 is 0 Å². The molecule has 0 aromatic carbocycles. The van der Waals surface area contributed by atoms with Gasteiger partial charge >= 0.3 is 0 Å². The summed E-state index contributed by atoms with van der Waals surface area (Å²) < 4.78 is 1.86. The third-order valence-electron chi connectivity index (χ3n) is 2.68. The molecule has 0 aliphatic carbocycles. The van der Waals surface area contributed by atoms with Crippen LogP contribution in [0.2, 0.25) is 0 Å². The van der Waals surface area contributed by atoms with Crippen molar-refractivity contribution in [1.82, 2.24) is 15.1 Å². The third kappa shape index (κ3) is 1.73. The lowest BCUT2D eigenvalue weighted by Crippen LogP contribution is -2.59. The fourth-order valence-electron chi connectivity index (χ4n) is 1.60. The predicted octanol–water partition coefficient (Wildman–Crippen LogP) is -0.313. The van der Waals surface area contributed by atoms with Crippen LogP contribution in [0.1, 0.15) is 12.1 Å². The van der Waals surface area contributed by atoms with Gasteiger partial charge in [-0.15, -0.1) is 0 Å². The maximum atomic E-state index is 9.81. The molecule has 2 N–H and O–H groups in total. The fourth-order valence-corrected chi connectivity index (χ4v) is 1.60. The Labute approximate surface area is 77.6 Å². The molecule has 4 heteroatoms. The first kappa shape index (κ1) is 8.72. The van der Waals surface area contributed by atoms with E-state index in [0.29, 0.717) is 0 Å². The number of aliphatic hydroxyl groups is 1. The van der Waals surface area contributed by atoms with E-state index in [-0.39, 0.29) is 0 Å². The van der Waals surface area contributed by atoms with Gasteiger partial charge in [0.25, 0.3) is 0 Å². The smallest absolute Gasteiger partial charge is 0.0898 e. The number of rotatable bonds is 3. The van der Waals surface area contributed by atoms with Gasteiger partial charge in [-0.25, -0.2) is 0 Å². The second-order valence-electron chi connectivity index (χ2n) is 3.77. The molecule has 1 fully saturated rings. The molecule has 13 heavy (non-hydrogen) atoms. The Balaban J connectivity index is 1.89. The van der Waals surface area contributed by atoms with E-state index in [1.165, 1.54) is 5.69 Å². The van der Waals surface area contributed by atoms with Crippen molar-refractivity contribution in [3.8, 4) is 0 Å². The Hall–Kier alpha value is -0.870. The lowest BCUT2D eigenvalue weighted by atomic mass is 9.91. The number of nitrogens with one attached hydrogen (secondary N) is 1. The summed E-state index contributed by atoms with van der Waals surface area (Å²) >= 11 is 0. The van der Waals surface area contributed by atoms with E-state index in [9.17, 15) is 5.11 Å². The zero-order valence-electron chi connectivity index (χ0n) is 7.82. The molecular weight excluding hydrogens is 166 g/mol. The fraction of sp³-hybridized carbons (Fsp3) is 0.667. The normalized spacial score (nSPS) is 19.8. The van der Waals surface area contributed by atoms with Gasteiger partial charge in [0.15, 0.2) is 0 Å². The van der Waals surface area contributed by atoms with Gasteiger partial charge in [-0.3, -0.25) is 4.68 Å². The van der Waals surface area contributed by atoms with Crippen molar-refractivity contribution in [2.75, 3.05) is 13.1 Å². The standard InChI is InChI=1S/C9H15N3O/c1-12-8(3-5-11-12)2-4-9(13)6-10-7-9/h3,5,10,13H,2,4,6-7H2,1H3. The minimum Gasteiger partial charge on any atom is -0.387 e. The molecule has 1 aromatic rings. The zero-order valence-corrected chi connectivity index (χ0v) is 7.82. The molecule has 0 amide bonds. The van der Waals surface area contributed by atoms with Crippen molar-refractivity contribution < 1.29 is 5.11 Å². The van der Waals surface area contributed by atoms with Crippen molar-refractivity contribution in [2.24, 2.45) is 7.05 Å². The quantitative estimate of drug-likeness (QED) is 0.672. The van der Waals surface area contributed by atoms with Gasteiger partial charge in [-0.1, -0.05) is 0 Å². The Morgan fingerprint density at radius 1 is 1.69 bits per heavy atom. The molecular formula is C9H15N3O. The molecule has 1 aromatic heterocycles. The number of β-amino-alcohol motifs (C(OH)–C–C–N with tert-alkyl or cyclic N) is 1. The zero-order chi connectivity index (χ0) is 9.31. The molecule has 4 nitrogen and oxygen atoms in total. The average molecular weight is 181 g/mol. The third-order valence-corrected chi connectivity index (χ3v) is 2.68. The van der Waals surface area contributed by atoms with E-state index in [1.807, 2.05) is 17.8 Å². The summed E-state index contributed by atoms with van der Waals surface area (Å²) in [6.45, 7) is 1.45. The molecule has 2 rings (SSSR count). The largest absolute Gasteiger partial charge is 0.387 e. The predicted molar refractivity (Wildman–Crippen MR) is 49.3 cm³/mol. The highest BCUT2D eigenvalue weighted by Gasteiger charge is 2.33. The molecule has 72 valence electrons. The molecule has 1 aliphatic rings. The molecule has 0 saturated carbocycles. The van der Waals surface area contributed by atoms with Crippen LogP contribution in [-0.4, -0.2) is 33.6 Å². The summed E-state index contributed by atoms with van der Waals surface area (Å²) in [6.07, 6.45) is 3.51. The Morgan fingerprint density at radius 3 is 2.92 bits per heavy atom.